The number of nitrogens with one attached hydrogen (secondary N) is 2. The molecular weight excluding hydrogens is 378 g/mol. The van der Waals surface area contributed by atoms with Crippen LogP contribution in [0, 0.1) is 0 Å². The fraction of sp³-hybridized carbons (Fsp3) is 0.261. The van der Waals surface area contributed by atoms with E-state index in [1.165, 1.54) is 0 Å². The molecule has 2 aromatic carbocycles. The molecule has 1 amide bonds. The molecule has 154 valence electrons. The highest BCUT2D eigenvalue weighted by Crippen LogP contribution is 2.23. The number of ether oxygens (including phenoxy) is 1. The predicted molar refractivity (Wildman–Crippen MR) is 115 cm³/mol. The molecule has 2 aromatic heterocycles. The monoisotopic (exact) mass is 403 g/mol. The highest BCUT2D eigenvalue weighted by atomic mass is 16.5. The number of methoxy groups -OCH3 is 1. The molecule has 0 spiro atoms. The summed E-state index contributed by atoms with van der Waals surface area (Å²) >= 11 is 0. The molecule has 0 aliphatic rings. The molecule has 4 rings (SSSR count). The predicted octanol–water partition coefficient (Wildman–Crippen LogP) is 3.53. The number of hydrogen-bond acceptors (Lipinski definition) is 4. The highest BCUT2D eigenvalue weighted by Gasteiger charge is 2.20. The lowest BCUT2D eigenvalue weighted by Gasteiger charge is -2.19. The Kier molecular flexibility index (Phi) is 5.79. The maximum atomic E-state index is 12.7. The van der Waals surface area contributed by atoms with Crippen LogP contribution in [-0.2, 0) is 18.3 Å². The molecule has 30 heavy (non-hydrogen) atoms. The zero-order chi connectivity index (χ0) is 20.9. The van der Waals surface area contributed by atoms with Gasteiger partial charge in [0.15, 0.2) is 0 Å². The van der Waals surface area contributed by atoms with Gasteiger partial charge in [-0.25, -0.2) is 9.97 Å². The largest absolute Gasteiger partial charge is 0.497 e. The lowest BCUT2D eigenvalue weighted by Crippen LogP contribution is -2.31. The zero-order valence-corrected chi connectivity index (χ0v) is 17.1. The SMILES string of the molecule is COc1ccc(C(NC(=O)CCCc2nc3ccccc3[nH]2)c2nccn2C)cc1. The maximum absolute atomic E-state index is 12.7. The van der Waals surface area contributed by atoms with Crippen molar-refractivity contribution in [1.82, 2.24) is 24.8 Å². The smallest absolute Gasteiger partial charge is 0.220 e. The van der Waals surface area contributed by atoms with Gasteiger partial charge in [-0.3, -0.25) is 4.79 Å². The second-order valence-corrected chi connectivity index (χ2v) is 7.22. The second kappa shape index (κ2) is 8.82. The first-order chi connectivity index (χ1) is 14.6. The lowest BCUT2D eigenvalue weighted by molar-refractivity contribution is -0.121. The Labute approximate surface area is 175 Å². The van der Waals surface area contributed by atoms with Gasteiger partial charge in [-0.05, 0) is 36.2 Å². The number of carbonyl (C=O) groups excluding carboxylic acids is 1. The summed E-state index contributed by atoms with van der Waals surface area (Å²) in [6, 6.07) is 15.3. The van der Waals surface area contributed by atoms with Gasteiger partial charge in [0.25, 0.3) is 0 Å². The Morgan fingerprint density at radius 1 is 1.20 bits per heavy atom. The third-order valence-electron chi connectivity index (χ3n) is 5.13. The molecule has 2 N–H and O–H groups in total. The third kappa shape index (κ3) is 4.35. The lowest BCUT2D eigenvalue weighted by atomic mass is 10.1. The Hall–Kier alpha value is -3.61. The van der Waals surface area contributed by atoms with E-state index in [2.05, 4.69) is 20.3 Å². The van der Waals surface area contributed by atoms with Crippen LogP contribution in [-0.4, -0.2) is 32.5 Å². The molecule has 0 aliphatic heterocycles. The minimum Gasteiger partial charge on any atom is -0.497 e. The van der Waals surface area contributed by atoms with Gasteiger partial charge in [-0.2, -0.15) is 0 Å². The first-order valence-corrected chi connectivity index (χ1v) is 9.98. The van der Waals surface area contributed by atoms with E-state index in [0.29, 0.717) is 12.8 Å². The second-order valence-electron chi connectivity index (χ2n) is 7.22. The van der Waals surface area contributed by atoms with Crippen LogP contribution in [0.2, 0.25) is 0 Å². The minimum atomic E-state index is -0.324. The van der Waals surface area contributed by atoms with E-state index < -0.39 is 0 Å². The van der Waals surface area contributed by atoms with Crippen molar-refractivity contribution in [2.45, 2.75) is 25.3 Å². The molecule has 7 nitrogen and oxygen atoms in total. The molecule has 0 aliphatic carbocycles. The third-order valence-corrected chi connectivity index (χ3v) is 5.13. The van der Waals surface area contributed by atoms with Crippen LogP contribution in [0.4, 0.5) is 0 Å². The van der Waals surface area contributed by atoms with Gasteiger partial charge in [0.05, 0.1) is 18.1 Å². The number of aryl methyl sites for hydroxylation is 2. The van der Waals surface area contributed by atoms with Gasteiger partial charge in [-0.15, -0.1) is 0 Å². The summed E-state index contributed by atoms with van der Waals surface area (Å²) in [4.78, 5) is 25.0. The summed E-state index contributed by atoms with van der Waals surface area (Å²) in [7, 11) is 3.56. The molecule has 0 saturated heterocycles. The average Bonchev–Trinajstić information content (AvgIpc) is 3.37. The molecule has 0 radical (unpaired) electrons. The van der Waals surface area contributed by atoms with Crippen molar-refractivity contribution >= 4 is 16.9 Å². The summed E-state index contributed by atoms with van der Waals surface area (Å²) < 4.78 is 7.16. The van der Waals surface area contributed by atoms with Crippen LogP contribution < -0.4 is 10.1 Å². The van der Waals surface area contributed by atoms with Crippen LogP contribution in [0.5, 0.6) is 5.75 Å². The quantitative estimate of drug-likeness (QED) is 0.471. The number of H-pyrrole nitrogens is 1. The Bertz CT molecular complexity index is 1100. The zero-order valence-electron chi connectivity index (χ0n) is 17.1. The first kappa shape index (κ1) is 19.7. The van der Waals surface area contributed by atoms with E-state index >= 15 is 0 Å². The van der Waals surface area contributed by atoms with E-state index in [1.807, 2.05) is 66.3 Å². The molecule has 1 atom stereocenters. The number of carbonyl (C=O) groups is 1. The number of benzene rings is 2. The molecule has 0 saturated carbocycles. The van der Waals surface area contributed by atoms with Crippen molar-refractivity contribution in [1.29, 1.82) is 0 Å². The number of amides is 1. The van der Waals surface area contributed by atoms with Gasteiger partial charge in [0.2, 0.25) is 5.91 Å². The van der Waals surface area contributed by atoms with Gasteiger partial charge in [0, 0.05) is 32.3 Å². The van der Waals surface area contributed by atoms with E-state index in [-0.39, 0.29) is 11.9 Å². The minimum absolute atomic E-state index is 0.0186. The van der Waals surface area contributed by atoms with Crippen molar-refractivity contribution in [3.8, 4) is 5.75 Å². The molecular formula is C23H25N5O2. The summed E-state index contributed by atoms with van der Waals surface area (Å²) in [5.74, 6) is 2.44. The van der Waals surface area contributed by atoms with Crippen LogP contribution in [0.3, 0.4) is 0 Å². The topological polar surface area (TPSA) is 84.8 Å². The Morgan fingerprint density at radius 2 is 2.00 bits per heavy atom. The molecule has 0 fully saturated rings. The summed E-state index contributed by atoms with van der Waals surface area (Å²) in [5.41, 5.74) is 2.92. The number of rotatable bonds is 8. The fourth-order valence-electron chi connectivity index (χ4n) is 3.52. The standard InChI is InChI=1S/C23H25N5O2/c1-28-15-14-24-23(28)22(16-10-12-17(30-2)13-11-16)27-21(29)9-5-8-20-25-18-6-3-4-7-19(18)26-20/h3-4,6-7,10-15,22H,5,8-9H2,1-2H3,(H,25,26)(H,27,29). The highest BCUT2D eigenvalue weighted by molar-refractivity contribution is 5.77. The van der Waals surface area contributed by atoms with E-state index in [4.69, 9.17) is 4.74 Å². The van der Waals surface area contributed by atoms with Crippen molar-refractivity contribution in [2.24, 2.45) is 7.05 Å². The number of imidazole rings is 2. The van der Waals surface area contributed by atoms with Gasteiger partial charge in [0.1, 0.15) is 23.4 Å². The van der Waals surface area contributed by atoms with E-state index in [9.17, 15) is 4.79 Å². The molecule has 1 unspecified atom stereocenters. The Balaban J connectivity index is 1.41. The molecule has 2 heterocycles. The number of fused-ring (bicyclic) bond motifs is 1. The Morgan fingerprint density at radius 3 is 2.70 bits per heavy atom. The van der Waals surface area contributed by atoms with Crippen LogP contribution in [0.1, 0.15) is 36.1 Å². The van der Waals surface area contributed by atoms with Crippen LogP contribution in [0.15, 0.2) is 60.9 Å². The van der Waals surface area contributed by atoms with E-state index in [0.717, 1.165) is 40.4 Å². The average molecular weight is 403 g/mol. The van der Waals surface area contributed by atoms with Crippen molar-refractivity contribution in [2.75, 3.05) is 7.11 Å². The number of aromatic nitrogens is 4. The summed E-state index contributed by atoms with van der Waals surface area (Å²) in [6.45, 7) is 0. The number of hydrogen-bond donors (Lipinski definition) is 2. The number of para-hydroxylation sites is 2. The maximum Gasteiger partial charge on any atom is 0.220 e. The fourth-order valence-corrected chi connectivity index (χ4v) is 3.52. The number of aromatic amines is 1. The van der Waals surface area contributed by atoms with Gasteiger partial charge in [-0.1, -0.05) is 24.3 Å². The summed E-state index contributed by atoms with van der Waals surface area (Å²) in [5, 5.41) is 3.13. The van der Waals surface area contributed by atoms with Crippen LogP contribution >= 0.6 is 0 Å². The van der Waals surface area contributed by atoms with Gasteiger partial charge < -0.3 is 19.6 Å². The number of nitrogens with zero attached hydrogens (tertiary/aromatic N) is 3. The summed E-state index contributed by atoms with van der Waals surface area (Å²) in [6.07, 6.45) is 5.45. The normalized spacial score (nSPS) is 12.1. The van der Waals surface area contributed by atoms with Crippen molar-refractivity contribution < 1.29 is 9.53 Å². The first-order valence-electron chi connectivity index (χ1n) is 9.98. The van der Waals surface area contributed by atoms with E-state index in [1.54, 1.807) is 13.3 Å². The van der Waals surface area contributed by atoms with Gasteiger partial charge >= 0.3 is 0 Å². The molecule has 7 heteroatoms. The van der Waals surface area contributed by atoms with Crippen molar-refractivity contribution in [3.05, 3.63) is 78.1 Å². The molecule has 0 bridgehead atoms. The molecule has 4 aromatic rings. The van der Waals surface area contributed by atoms with Crippen molar-refractivity contribution in [3.63, 3.8) is 0 Å². The van der Waals surface area contributed by atoms with Crippen LogP contribution in [0.25, 0.3) is 11.0 Å².